The molecule has 2 nitrogen and oxygen atoms in total. The largest absolute Gasteiger partial charge is 0.330 e. The number of halogens is 2. The van der Waals surface area contributed by atoms with Gasteiger partial charge in [-0.25, -0.2) is 0 Å². The van der Waals surface area contributed by atoms with Gasteiger partial charge < -0.3 is 5.73 Å². The molecule has 0 aliphatic heterocycles. The molecular formula is C12H12Cl2N2. The number of rotatable bonds is 3. The molecule has 2 N–H and O–H groups in total. The van der Waals surface area contributed by atoms with Gasteiger partial charge in [-0.2, -0.15) is 0 Å². The van der Waals surface area contributed by atoms with Gasteiger partial charge in [0.1, 0.15) is 0 Å². The van der Waals surface area contributed by atoms with E-state index in [1.54, 1.807) is 6.20 Å². The van der Waals surface area contributed by atoms with Gasteiger partial charge in [0.05, 0.1) is 10.0 Å². The molecular weight excluding hydrogens is 243 g/mol. The van der Waals surface area contributed by atoms with Crippen LogP contribution in [0.2, 0.25) is 10.0 Å². The van der Waals surface area contributed by atoms with E-state index in [0.717, 1.165) is 29.2 Å². The van der Waals surface area contributed by atoms with Gasteiger partial charge in [0, 0.05) is 23.2 Å². The fourth-order valence-electron chi connectivity index (χ4n) is 1.76. The zero-order valence-corrected chi connectivity index (χ0v) is 10.2. The summed E-state index contributed by atoms with van der Waals surface area (Å²) >= 11 is 12.2. The Morgan fingerprint density at radius 2 is 2.06 bits per heavy atom. The van der Waals surface area contributed by atoms with Gasteiger partial charge in [-0.1, -0.05) is 23.2 Å². The van der Waals surface area contributed by atoms with E-state index in [2.05, 4.69) is 4.98 Å². The first kappa shape index (κ1) is 11.6. The van der Waals surface area contributed by atoms with Crippen molar-refractivity contribution in [2.24, 2.45) is 5.73 Å². The van der Waals surface area contributed by atoms with Gasteiger partial charge in [0.15, 0.2) is 0 Å². The van der Waals surface area contributed by atoms with E-state index in [1.807, 2.05) is 18.3 Å². The molecule has 84 valence electrons. The number of nitrogens with zero attached hydrogens (tertiary/aromatic N) is 1. The van der Waals surface area contributed by atoms with E-state index in [1.165, 1.54) is 0 Å². The average molecular weight is 255 g/mol. The smallest absolute Gasteiger partial charge is 0.0671 e. The molecule has 0 unspecified atom stereocenters. The van der Waals surface area contributed by atoms with Crippen LogP contribution in [0.1, 0.15) is 12.0 Å². The Bertz CT molecular complexity index is 512. The molecule has 0 saturated carbocycles. The van der Waals surface area contributed by atoms with Gasteiger partial charge in [-0.15, -0.1) is 0 Å². The first-order chi connectivity index (χ1) is 7.74. The molecule has 1 heterocycles. The number of aromatic nitrogens is 1. The minimum absolute atomic E-state index is 0.590. The third-order valence-corrected chi connectivity index (χ3v) is 3.37. The summed E-state index contributed by atoms with van der Waals surface area (Å²) in [6.45, 7) is 0.669. The summed E-state index contributed by atoms with van der Waals surface area (Å²) in [7, 11) is 0. The van der Waals surface area contributed by atoms with E-state index in [0.29, 0.717) is 16.6 Å². The monoisotopic (exact) mass is 254 g/mol. The average Bonchev–Trinajstić information content (AvgIpc) is 2.32. The number of nitrogens with two attached hydrogens (primary N) is 1. The lowest BCUT2D eigenvalue weighted by atomic mass is 10.0. The van der Waals surface area contributed by atoms with E-state index in [4.69, 9.17) is 28.9 Å². The van der Waals surface area contributed by atoms with E-state index < -0.39 is 0 Å². The molecule has 0 bridgehead atoms. The highest BCUT2D eigenvalue weighted by atomic mass is 35.5. The molecule has 2 aromatic rings. The highest BCUT2D eigenvalue weighted by Crippen LogP contribution is 2.33. The summed E-state index contributed by atoms with van der Waals surface area (Å²) in [5.41, 5.74) is 6.67. The molecule has 0 saturated heterocycles. The third-order valence-electron chi connectivity index (χ3n) is 2.56. The molecule has 0 fully saturated rings. The number of fused-ring (bicyclic) bond motifs is 1. The maximum atomic E-state index is 6.15. The second-order valence-electron chi connectivity index (χ2n) is 3.64. The highest BCUT2D eigenvalue weighted by Gasteiger charge is 2.08. The summed E-state index contributed by atoms with van der Waals surface area (Å²) in [5.74, 6) is 0. The van der Waals surface area contributed by atoms with Crippen LogP contribution in [0.5, 0.6) is 0 Å². The maximum absolute atomic E-state index is 6.15. The summed E-state index contributed by atoms with van der Waals surface area (Å²) in [6, 6.07) is 3.79. The van der Waals surface area contributed by atoms with Crippen LogP contribution >= 0.6 is 23.2 Å². The molecule has 0 aliphatic rings. The standard InChI is InChI=1S/C12H12Cl2N2/c13-11-6-8(2-1-4-15)10-7-16-5-3-9(10)12(11)14/h3,5-7H,1-2,4,15H2. The summed E-state index contributed by atoms with van der Waals surface area (Å²) in [5, 5.41) is 3.20. The van der Waals surface area contributed by atoms with Crippen molar-refractivity contribution in [2.45, 2.75) is 12.8 Å². The molecule has 0 radical (unpaired) electrons. The molecule has 0 amide bonds. The number of benzene rings is 1. The first-order valence-electron chi connectivity index (χ1n) is 5.14. The molecule has 16 heavy (non-hydrogen) atoms. The van der Waals surface area contributed by atoms with Crippen LogP contribution < -0.4 is 5.73 Å². The van der Waals surface area contributed by atoms with Crippen LogP contribution in [0.4, 0.5) is 0 Å². The lowest BCUT2D eigenvalue weighted by molar-refractivity contribution is 0.837. The van der Waals surface area contributed by atoms with Crippen molar-refractivity contribution in [1.82, 2.24) is 4.98 Å². The highest BCUT2D eigenvalue weighted by molar-refractivity contribution is 6.45. The molecule has 1 aromatic heterocycles. The lowest BCUT2D eigenvalue weighted by Gasteiger charge is -2.08. The van der Waals surface area contributed by atoms with Gasteiger partial charge in [0.25, 0.3) is 0 Å². The fraction of sp³-hybridized carbons (Fsp3) is 0.250. The predicted octanol–water partition coefficient (Wildman–Crippen LogP) is 3.43. The van der Waals surface area contributed by atoms with E-state index in [-0.39, 0.29) is 0 Å². The Kier molecular flexibility index (Phi) is 3.64. The van der Waals surface area contributed by atoms with E-state index >= 15 is 0 Å². The van der Waals surface area contributed by atoms with Crippen molar-refractivity contribution in [3.63, 3.8) is 0 Å². The van der Waals surface area contributed by atoms with Crippen LogP contribution in [-0.4, -0.2) is 11.5 Å². The fourth-order valence-corrected chi connectivity index (χ4v) is 2.22. The quantitative estimate of drug-likeness (QED) is 0.912. The maximum Gasteiger partial charge on any atom is 0.0671 e. The molecule has 4 heteroatoms. The minimum atomic E-state index is 0.590. The summed E-state index contributed by atoms with van der Waals surface area (Å²) in [6.07, 6.45) is 5.37. The van der Waals surface area contributed by atoms with Crippen molar-refractivity contribution >= 4 is 34.0 Å². The zero-order chi connectivity index (χ0) is 11.5. The molecule has 0 spiro atoms. The normalized spacial score (nSPS) is 10.9. The first-order valence-corrected chi connectivity index (χ1v) is 5.90. The lowest BCUT2D eigenvalue weighted by Crippen LogP contribution is -2.01. The van der Waals surface area contributed by atoms with Crippen LogP contribution in [0.3, 0.4) is 0 Å². The second kappa shape index (κ2) is 5.00. The second-order valence-corrected chi connectivity index (χ2v) is 4.43. The number of hydrogen-bond donors (Lipinski definition) is 1. The van der Waals surface area contributed by atoms with Crippen molar-refractivity contribution in [1.29, 1.82) is 0 Å². The Morgan fingerprint density at radius 1 is 1.25 bits per heavy atom. The van der Waals surface area contributed by atoms with Crippen molar-refractivity contribution in [3.05, 3.63) is 40.1 Å². The van der Waals surface area contributed by atoms with Crippen molar-refractivity contribution in [2.75, 3.05) is 6.54 Å². The Hall–Kier alpha value is -0.830. The predicted molar refractivity (Wildman–Crippen MR) is 69.1 cm³/mol. The minimum Gasteiger partial charge on any atom is -0.330 e. The summed E-state index contributed by atoms with van der Waals surface area (Å²) in [4.78, 5) is 4.12. The number of hydrogen-bond acceptors (Lipinski definition) is 2. The van der Waals surface area contributed by atoms with Crippen LogP contribution in [-0.2, 0) is 6.42 Å². The number of aryl methyl sites for hydroxylation is 1. The zero-order valence-electron chi connectivity index (χ0n) is 8.71. The third kappa shape index (κ3) is 2.14. The number of pyridine rings is 1. The van der Waals surface area contributed by atoms with Gasteiger partial charge in [-0.05, 0) is 37.1 Å². The van der Waals surface area contributed by atoms with Crippen LogP contribution in [0.15, 0.2) is 24.5 Å². The van der Waals surface area contributed by atoms with Gasteiger partial charge >= 0.3 is 0 Å². The SMILES string of the molecule is NCCCc1cc(Cl)c(Cl)c2ccncc12. The Morgan fingerprint density at radius 3 is 2.81 bits per heavy atom. The van der Waals surface area contributed by atoms with Gasteiger partial charge in [-0.3, -0.25) is 4.98 Å². The van der Waals surface area contributed by atoms with E-state index in [9.17, 15) is 0 Å². The van der Waals surface area contributed by atoms with Crippen LogP contribution in [0, 0.1) is 0 Å². The van der Waals surface area contributed by atoms with Crippen molar-refractivity contribution < 1.29 is 0 Å². The molecule has 2 rings (SSSR count). The molecule has 0 aliphatic carbocycles. The van der Waals surface area contributed by atoms with Crippen molar-refractivity contribution in [3.8, 4) is 0 Å². The van der Waals surface area contributed by atoms with Crippen LogP contribution in [0.25, 0.3) is 10.8 Å². The van der Waals surface area contributed by atoms with Gasteiger partial charge in [0.2, 0.25) is 0 Å². The molecule has 1 aromatic carbocycles. The Balaban J connectivity index is 2.60. The summed E-state index contributed by atoms with van der Waals surface area (Å²) < 4.78 is 0. The Labute approximate surface area is 104 Å². The molecule has 0 atom stereocenters. The topological polar surface area (TPSA) is 38.9 Å².